The molecule has 0 bridgehead atoms. The molecule has 4 nitrogen and oxygen atoms in total. The fraction of sp³-hybridized carbons (Fsp3) is 0.938. The first-order valence-electron chi connectivity index (χ1n) is 8.23. The maximum Gasteiger partial charge on any atom is 0.326 e. The fourth-order valence-electron chi connectivity index (χ4n) is 3.90. The van der Waals surface area contributed by atoms with Crippen LogP contribution in [0.2, 0.25) is 0 Å². The minimum Gasteiger partial charge on any atom is -0.468 e. The van der Waals surface area contributed by atoms with E-state index < -0.39 is 5.54 Å². The van der Waals surface area contributed by atoms with Crippen LogP contribution in [0.4, 0.5) is 0 Å². The van der Waals surface area contributed by atoms with Crippen molar-refractivity contribution in [2.24, 2.45) is 0 Å². The normalized spacial score (nSPS) is 33.2. The van der Waals surface area contributed by atoms with Crippen LogP contribution in [0.15, 0.2) is 0 Å². The summed E-state index contributed by atoms with van der Waals surface area (Å²) in [5.74, 6) is -0.0863. The average molecular weight is 282 g/mol. The zero-order chi connectivity index (χ0) is 14.4. The highest BCUT2D eigenvalue weighted by Gasteiger charge is 2.43. The third kappa shape index (κ3) is 3.53. The Morgan fingerprint density at radius 2 is 1.80 bits per heavy atom. The molecular weight excluding hydrogens is 252 g/mol. The highest BCUT2D eigenvalue weighted by Crippen LogP contribution is 2.33. The van der Waals surface area contributed by atoms with Gasteiger partial charge in [0.1, 0.15) is 5.54 Å². The predicted octanol–water partition coefficient (Wildman–Crippen LogP) is 2.33. The Morgan fingerprint density at radius 3 is 2.40 bits per heavy atom. The Morgan fingerprint density at radius 1 is 1.15 bits per heavy atom. The lowest BCUT2D eigenvalue weighted by Crippen LogP contribution is -2.57. The number of rotatable bonds is 3. The van der Waals surface area contributed by atoms with Crippen molar-refractivity contribution < 1.29 is 9.53 Å². The lowest BCUT2D eigenvalue weighted by molar-refractivity contribution is -0.151. The molecule has 1 saturated carbocycles. The van der Waals surface area contributed by atoms with E-state index >= 15 is 0 Å². The molecule has 2 rings (SSSR count). The molecule has 1 saturated heterocycles. The summed E-state index contributed by atoms with van der Waals surface area (Å²) < 4.78 is 5.04. The largest absolute Gasteiger partial charge is 0.468 e. The van der Waals surface area contributed by atoms with Gasteiger partial charge in [-0.05, 0) is 58.7 Å². The van der Waals surface area contributed by atoms with Crippen molar-refractivity contribution in [3.8, 4) is 0 Å². The molecule has 116 valence electrons. The van der Waals surface area contributed by atoms with E-state index in [1.807, 2.05) is 7.05 Å². The van der Waals surface area contributed by atoms with Gasteiger partial charge >= 0.3 is 5.97 Å². The highest BCUT2D eigenvalue weighted by atomic mass is 16.5. The van der Waals surface area contributed by atoms with Crippen molar-refractivity contribution >= 4 is 5.97 Å². The summed E-state index contributed by atoms with van der Waals surface area (Å²) in [5, 5.41) is 3.26. The average Bonchev–Trinajstić information content (AvgIpc) is 2.46. The van der Waals surface area contributed by atoms with Gasteiger partial charge in [0.25, 0.3) is 0 Å². The summed E-state index contributed by atoms with van der Waals surface area (Å²) in [5.41, 5.74) is -0.458. The third-order valence-corrected chi connectivity index (χ3v) is 5.19. The van der Waals surface area contributed by atoms with Gasteiger partial charge < -0.3 is 15.0 Å². The van der Waals surface area contributed by atoms with Crippen molar-refractivity contribution in [3.63, 3.8) is 0 Å². The van der Waals surface area contributed by atoms with E-state index in [1.54, 1.807) is 0 Å². The van der Waals surface area contributed by atoms with Crippen molar-refractivity contribution in [3.05, 3.63) is 0 Å². The van der Waals surface area contributed by atoms with Crippen LogP contribution in [-0.2, 0) is 9.53 Å². The molecule has 4 heteroatoms. The number of nitrogens with zero attached hydrogens (tertiary/aromatic N) is 1. The monoisotopic (exact) mass is 282 g/mol. The number of carbonyl (C=O) groups excluding carboxylic acids is 1. The molecule has 2 atom stereocenters. The van der Waals surface area contributed by atoms with Crippen LogP contribution < -0.4 is 5.32 Å². The summed E-state index contributed by atoms with van der Waals surface area (Å²) in [6.07, 6.45) is 10.9. The van der Waals surface area contributed by atoms with Gasteiger partial charge in [-0.3, -0.25) is 4.79 Å². The number of hydrogen-bond acceptors (Lipinski definition) is 4. The molecule has 2 unspecified atom stereocenters. The molecule has 0 amide bonds. The first-order chi connectivity index (χ1) is 9.72. The van der Waals surface area contributed by atoms with Gasteiger partial charge in [0.2, 0.25) is 0 Å². The Hall–Kier alpha value is -0.610. The van der Waals surface area contributed by atoms with Crippen molar-refractivity contribution in [1.29, 1.82) is 0 Å². The standard InChI is InChI=1S/C16H30N2O2/c1-17-16(15(19)20-2)10-8-9-14(13-16)18-11-6-4-3-5-7-12-18/h14,17H,3-13H2,1-2H3. The SMILES string of the molecule is CNC1(C(=O)OC)CCCC(N2CCCCCCC2)C1. The van der Waals surface area contributed by atoms with Crippen molar-refractivity contribution in [2.75, 3.05) is 27.2 Å². The van der Waals surface area contributed by atoms with E-state index in [4.69, 9.17) is 4.74 Å². The molecule has 20 heavy (non-hydrogen) atoms. The minimum absolute atomic E-state index is 0.0863. The molecule has 2 aliphatic rings. The summed E-state index contributed by atoms with van der Waals surface area (Å²) >= 11 is 0. The van der Waals surface area contributed by atoms with E-state index in [0.717, 1.165) is 19.3 Å². The first kappa shape index (κ1) is 15.8. The van der Waals surface area contributed by atoms with Crippen LogP contribution in [-0.4, -0.2) is 49.7 Å². The van der Waals surface area contributed by atoms with E-state index in [9.17, 15) is 4.79 Å². The van der Waals surface area contributed by atoms with Gasteiger partial charge in [0, 0.05) is 6.04 Å². The predicted molar refractivity (Wildman–Crippen MR) is 80.7 cm³/mol. The van der Waals surface area contributed by atoms with Gasteiger partial charge in [0.05, 0.1) is 7.11 Å². The molecule has 0 aromatic heterocycles. The quantitative estimate of drug-likeness (QED) is 0.807. The topological polar surface area (TPSA) is 41.6 Å². The second-order valence-corrected chi connectivity index (χ2v) is 6.38. The summed E-state index contributed by atoms with van der Waals surface area (Å²) in [4.78, 5) is 14.8. The van der Waals surface area contributed by atoms with E-state index in [-0.39, 0.29) is 5.97 Å². The van der Waals surface area contributed by atoms with E-state index in [2.05, 4.69) is 10.2 Å². The molecule has 1 aliphatic carbocycles. The summed E-state index contributed by atoms with van der Waals surface area (Å²) in [7, 11) is 3.40. The van der Waals surface area contributed by atoms with Crippen LogP contribution >= 0.6 is 0 Å². The number of esters is 1. The Labute approximate surface area is 123 Å². The highest BCUT2D eigenvalue weighted by molar-refractivity contribution is 5.81. The molecule has 1 heterocycles. The van der Waals surface area contributed by atoms with E-state index in [0.29, 0.717) is 6.04 Å². The smallest absolute Gasteiger partial charge is 0.326 e. The Bertz CT molecular complexity index is 314. The van der Waals surface area contributed by atoms with Crippen LogP contribution in [0.1, 0.15) is 57.8 Å². The lowest BCUT2D eigenvalue weighted by atomic mass is 9.78. The number of likely N-dealkylation sites (tertiary alicyclic amines) is 1. The van der Waals surface area contributed by atoms with Crippen LogP contribution in [0.5, 0.6) is 0 Å². The zero-order valence-corrected chi connectivity index (χ0v) is 13.1. The van der Waals surface area contributed by atoms with Crippen molar-refractivity contribution in [1.82, 2.24) is 10.2 Å². The van der Waals surface area contributed by atoms with Gasteiger partial charge in [-0.2, -0.15) is 0 Å². The van der Waals surface area contributed by atoms with Gasteiger partial charge in [-0.25, -0.2) is 0 Å². The van der Waals surface area contributed by atoms with Gasteiger partial charge in [0.15, 0.2) is 0 Å². The molecule has 0 aromatic carbocycles. The van der Waals surface area contributed by atoms with E-state index in [1.165, 1.54) is 58.7 Å². The third-order valence-electron chi connectivity index (χ3n) is 5.19. The number of likely N-dealkylation sites (N-methyl/N-ethyl adjacent to an activating group) is 1. The van der Waals surface area contributed by atoms with Gasteiger partial charge in [-0.1, -0.05) is 19.3 Å². The number of nitrogens with one attached hydrogen (secondary N) is 1. The molecule has 0 aromatic rings. The number of methoxy groups -OCH3 is 1. The fourth-order valence-corrected chi connectivity index (χ4v) is 3.90. The van der Waals surface area contributed by atoms with Crippen LogP contribution in [0, 0.1) is 0 Å². The zero-order valence-electron chi connectivity index (χ0n) is 13.1. The molecule has 0 radical (unpaired) electrons. The summed E-state index contributed by atoms with van der Waals surface area (Å²) in [6, 6.07) is 0.536. The Balaban J connectivity index is 2.02. The number of hydrogen-bond donors (Lipinski definition) is 1. The first-order valence-corrected chi connectivity index (χ1v) is 8.23. The molecular formula is C16H30N2O2. The molecule has 1 N–H and O–H groups in total. The maximum atomic E-state index is 12.2. The Kier molecular flexibility index (Phi) is 5.85. The van der Waals surface area contributed by atoms with Gasteiger partial charge in [-0.15, -0.1) is 0 Å². The number of ether oxygens (including phenoxy) is 1. The lowest BCUT2D eigenvalue weighted by Gasteiger charge is -2.43. The minimum atomic E-state index is -0.458. The second kappa shape index (κ2) is 7.41. The molecule has 2 fully saturated rings. The van der Waals surface area contributed by atoms with Crippen LogP contribution in [0.3, 0.4) is 0 Å². The summed E-state index contributed by atoms with van der Waals surface area (Å²) in [6.45, 7) is 2.40. The molecule has 0 spiro atoms. The molecule has 1 aliphatic heterocycles. The van der Waals surface area contributed by atoms with Crippen LogP contribution in [0.25, 0.3) is 0 Å². The maximum absolute atomic E-state index is 12.2. The second-order valence-electron chi connectivity index (χ2n) is 6.38. The number of carbonyl (C=O) groups is 1. The van der Waals surface area contributed by atoms with Crippen molar-refractivity contribution in [2.45, 2.75) is 69.4 Å².